The molecule has 0 aliphatic rings. The van der Waals surface area contributed by atoms with Crippen LogP contribution in [0.2, 0.25) is 0 Å². The van der Waals surface area contributed by atoms with E-state index in [9.17, 15) is 4.39 Å². The molecule has 2 rings (SSSR count). The van der Waals surface area contributed by atoms with Crippen LogP contribution in [0.4, 0.5) is 4.39 Å². The summed E-state index contributed by atoms with van der Waals surface area (Å²) >= 11 is 0. The predicted molar refractivity (Wildman–Crippen MR) is 70.7 cm³/mol. The Balaban J connectivity index is 2.38. The summed E-state index contributed by atoms with van der Waals surface area (Å²) in [5, 5.41) is 13.2. The molecule has 0 bridgehead atoms. The van der Waals surface area contributed by atoms with Gasteiger partial charge in [-0.05, 0) is 42.7 Å². The smallest absolute Gasteiger partial charge is 0.123 e. The molecular weight excluding hydrogens is 245 g/mol. The van der Waals surface area contributed by atoms with Crippen LogP contribution < -0.4 is 5.48 Å². The zero-order chi connectivity index (χ0) is 13.8. The molecule has 0 saturated heterocycles. The largest absolute Gasteiger partial charge is 0.316 e. The number of aromatic nitrogens is 2. The molecule has 0 saturated carbocycles. The topological polar surface area (TPSA) is 50.1 Å². The molecule has 4 nitrogen and oxygen atoms in total. The third-order valence-electron chi connectivity index (χ3n) is 2.78. The monoisotopic (exact) mass is 263 g/mol. The Morgan fingerprint density at radius 3 is 2.58 bits per heavy atom. The number of nitrogens with zero attached hydrogens (tertiary/aromatic N) is 2. The summed E-state index contributed by atoms with van der Waals surface area (Å²) in [6.45, 7) is 4.55. The minimum atomic E-state index is -0.265. The average molecular weight is 263 g/mol. The van der Waals surface area contributed by atoms with E-state index in [0.29, 0.717) is 12.5 Å². The van der Waals surface area contributed by atoms with Crippen LogP contribution in [0.5, 0.6) is 0 Å². The third kappa shape index (κ3) is 3.39. The average Bonchev–Trinajstić information content (AvgIpc) is 2.72. The third-order valence-corrected chi connectivity index (χ3v) is 2.78. The van der Waals surface area contributed by atoms with Gasteiger partial charge in [0.25, 0.3) is 0 Å². The van der Waals surface area contributed by atoms with Crippen LogP contribution in [-0.4, -0.2) is 15.0 Å². The Kier molecular flexibility index (Phi) is 4.29. The lowest BCUT2D eigenvalue weighted by molar-refractivity contribution is 0.160. The zero-order valence-corrected chi connectivity index (χ0v) is 11.1. The molecule has 1 heterocycles. The summed E-state index contributed by atoms with van der Waals surface area (Å²) in [7, 11) is 0. The molecule has 102 valence electrons. The number of halogens is 1. The highest BCUT2D eigenvalue weighted by molar-refractivity contribution is 5.34. The standard InChI is InChI=1S/C14H18FN3O/c1-10(2)7-14-8-12(9-16-19)17-18(14)13-5-3-11(15)4-6-13/h3-6,8,10,16,19H,7,9H2,1-2H3. The first-order valence-electron chi connectivity index (χ1n) is 6.31. The zero-order valence-electron chi connectivity index (χ0n) is 11.1. The van der Waals surface area contributed by atoms with E-state index in [1.54, 1.807) is 16.8 Å². The molecule has 19 heavy (non-hydrogen) atoms. The molecular formula is C14H18FN3O. The number of hydroxylamine groups is 1. The van der Waals surface area contributed by atoms with E-state index in [2.05, 4.69) is 24.4 Å². The van der Waals surface area contributed by atoms with Crippen molar-refractivity contribution in [3.05, 3.63) is 47.5 Å². The molecule has 0 spiro atoms. The van der Waals surface area contributed by atoms with Gasteiger partial charge in [0.2, 0.25) is 0 Å². The lowest BCUT2D eigenvalue weighted by Crippen LogP contribution is -2.08. The molecule has 0 atom stereocenters. The summed E-state index contributed by atoms with van der Waals surface area (Å²) in [5.41, 5.74) is 4.72. The maximum atomic E-state index is 13.0. The first-order valence-corrected chi connectivity index (χ1v) is 6.31. The molecule has 0 aliphatic carbocycles. The van der Waals surface area contributed by atoms with Gasteiger partial charge in [-0.2, -0.15) is 10.6 Å². The van der Waals surface area contributed by atoms with Crippen molar-refractivity contribution in [2.75, 3.05) is 0 Å². The Bertz CT molecular complexity index is 534. The van der Waals surface area contributed by atoms with Crippen molar-refractivity contribution in [2.45, 2.75) is 26.8 Å². The summed E-state index contributed by atoms with van der Waals surface area (Å²) in [5.74, 6) is 0.226. The Morgan fingerprint density at radius 1 is 1.32 bits per heavy atom. The molecule has 0 fully saturated rings. The second-order valence-corrected chi connectivity index (χ2v) is 4.95. The van der Waals surface area contributed by atoms with Gasteiger partial charge in [0.15, 0.2) is 0 Å². The normalized spacial score (nSPS) is 11.2. The number of rotatable bonds is 5. The van der Waals surface area contributed by atoms with Gasteiger partial charge in [0.05, 0.1) is 17.9 Å². The first kappa shape index (κ1) is 13.7. The minimum Gasteiger partial charge on any atom is -0.316 e. The van der Waals surface area contributed by atoms with Crippen molar-refractivity contribution in [1.29, 1.82) is 0 Å². The molecule has 2 aromatic rings. The molecule has 1 aromatic carbocycles. The lowest BCUT2D eigenvalue weighted by Gasteiger charge is -2.09. The van der Waals surface area contributed by atoms with E-state index < -0.39 is 0 Å². The fourth-order valence-electron chi connectivity index (χ4n) is 2.01. The van der Waals surface area contributed by atoms with Gasteiger partial charge < -0.3 is 5.21 Å². The number of hydrogen-bond donors (Lipinski definition) is 2. The number of benzene rings is 1. The Morgan fingerprint density at radius 2 is 2.00 bits per heavy atom. The van der Waals surface area contributed by atoms with Crippen LogP contribution in [0.3, 0.4) is 0 Å². The van der Waals surface area contributed by atoms with Crippen LogP contribution in [0.1, 0.15) is 25.2 Å². The van der Waals surface area contributed by atoms with Gasteiger partial charge in [0.1, 0.15) is 5.82 Å². The van der Waals surface area contributed by atoms with E-state index in [1.807, 2.05) is 6.07 Å². The van der Waals surface area contributed by atoms with Crippen LogP contribution in [0, 0.1) is 11.7 Å². The van der Waals surface area contributed by atoms with Crippen molar-refractivity contribution in [3.63, 3.8) is 0 Å². The molecule has 2 N–H and O–H groups in total. The van der Waals surface area contributed by atoms with Crippen molar-refractivity contribution in [1.82, 2.24) is 15.3 Å². The van der Waals surface area contributed by atoms with Crippen molar-refractivity contribution < 1.29 is 9.60 Å². The van der Waals surface area contributed by atoms with E-state index in [0.717, 1.165) is 23.5 Å². The summed E-state index contributed by atoms with van der Waals surface area (Å²) in [6.07, 6.45) is 0.871. The molecule has 5 heteroatoms. The quantitative estimate of drug-likeness (QED) is 0.815. The molecule has 0 radical (unpaired) electrons. The second kappa shape index (κ2) is 5.95. The second-order valence-electron chi connectivity index (χ2n) is 4.95. The summed E-state index contributed by atoms with van der Waals surface area (Å²) < 4.78 is 14.8. The van der Waals surface area contributed by atoms with Crippen LogP contribution in [0.15, 0.2) is 30.3 Å². The van der Waals surface area contributed by atoms with Gasteiger partial charge >= 0.3 is 0 Å². The van der Waals surface area contributed by atoms with Crippen molar-refractivity contribution in [2.24, 2.45) is 5.92 Å². The van der Waals surface area contributed by atoms with Crippen LogP contribution in [0.25, 0.3) is 5.69 Å². The van der Waals surface area contributed by atoms with Gasteiger partial charge in [-0.15, -0.1) is 0 Å². The summed E-state index contributed by atoms with van der Waals surface area (Å²) in [4.78, 5) is 0. The molecule has 1 aromatic heterocycles. The van der Waals surface area contributed by atoms with Crippen LogP contribution in [-0.2, 0) is 13.0 Å². The van der Waals surface area contributed by atoms with E-state index in [1.165, 1.54) is 12.1 Å². The minimum absolute atomic E-state index is 0.265. The number of nitrogens with one attached hydrogen (secondary N) is 1. The van der Waals surface area contributed by atoms with E-state index >= 15 is 0 Å². The number of hydrogen-bond acceptors (Lipinski definition) is 3. The van der Waals surface area contributed by atoms with E-state index in [-0.39, 0.29) is 5.82 Å². The Hall–Kier alpha value is -1.72. The maximum absolute atomic E-state index is 13.0. The van der Waals surface area contributed by atoms with Gasteiger partial charge in [-0.25, -0.2) is 9.07 Å². The van der Waals surface area contributed by atoms with Crippen molar-refractivity contribution in [3.8, 4) is 5.69 Å². The highest BCUT2D eigenvalue weighted by atomic mass is 19.1. The Labute approximate surface area is 111 Å². The van der Waals surface area contributed by atoms with Crippen LogP contribution >= 0.6 is 0 Å². The van der Waals surface area contributed by atoms with Gasteiger partial charge in [-0.1, -0.05) is 13.8 Å². The van der Waals surface area contributed by atoms with E-state index in [4.69, 9.17) is 5.21 Å². The van der Waals surface area contributed by atoms with Gasteiger partial charge in [-0.3, -0.25) is 0 Å². The predicted octanol–water partition coefficient (Wildman–Crippen LogP) is 2.69. The summed E-state index contributed by atoms with van der Waals surface area (Å²) in [6, 6.07) is 8.18. The van der Waals surface area contributed by atoms with Crippen molar-refractivity contribution >= 4 is 0 Å². The fraction of sp³-hybridized carbons (Fsp3) is 0.357. The molecule has 0 unspecified atom stereocenters. The highest BCUT2D eigenvalue weighted by Crippen LogP contribution is 2.16. The van der Waals surface area contributed by atoms with Gasteiger partial charge in [0, 0.05) is 5.69 Å². The molecule has 0 amide bonds. The maximum Gasteiger partial charge on any atom is 0.123 e. The first-order chi connectivity index (χ1) is 9.10. The highest BCUT2D eigenvalue weighted by Gasteiger charge is 2.11. The molecule has 0 aliphatic heterocycles. The fourth-order valence-corrected chi connectivity index (χ4v) is 2.01. The lowest BCUT2D eigenvalue weighted by atomic mass is 10.1. The SMILES string of the molecule is CC(C)Cc1cc(CNO)nn1-c1ccc(F)cc1.